The zero-order chi connectivity index (χ0) is 22.0. The largest absolute Gasteiger partial charge is 0.488 e. The van der Waals surface area contributed by atoms with Crippen molar-refractivity contribution in [2.45, 2.75) is 39.1 Å². The van der Waals surface area contributed by atoms with E-state index >= 15 is 0 Å². The Morgan fingerprint density at radius 1 is 1.03 bits per heavy atom. The molecule has 2 aromatic carbocycles. The third kappa shape index (κ3) is 4.79. The van der Waals surface area contributed by atoms with Crippen LogP contribution in [0.5, 0.6) is 5.75 Å². The number of aromatic nitrogens is 1. The lowest BCUT2D eigenvalue weighted by Crippen LogP contribution is -2.04. The van der Waals surface area contributed by atoms with Crippen LogP contribution in [-0.4, -0.2) is 15.2 Å². The Morgan fingerprint density at radius 2 is 1.77 bits per heavy atom. The number of allylic oxidation sites excluding steroid dienone is 2. The van der Waals surface area contributed by atoms with E-state index in [9.17, 15) is 14.6 Å². The van der Waals surface area contributed by atoms with E-state index in [4.69, 9.17) is 16.3 Å². The quantitative estimate of drug-likeness (QED) is 0.473. The highest BCUT2D eigenvalue weighted by Gasteiger charge is 2.23. The lowest BCUT2D eigenvalue weighted by molar-refractivity contribution is -0.0463. The van der Waals surface area contributed by atoms with E-state index in [2.05, 4.69) is 4.98 Å². The van der Waals surface area contributed by atoms with Gasteiger partial charge in [-0.1, -0.05) is 29.8 Å². The monoisotopic (exact) mass is 439 g/mol. The van der Waals surface area contributed by atoms with Crippen LogP contribution in [0.4, 0.5) is 4.39 Å². The smallest absolute Gasteiger partial charge is 0.196 e. The first kappa shape index (κ1) is 21.5. The Labute approximate surface area is 185 Å². The summed E-state index contributed by atoms with van der Waals surface area (Å²) in [5.74, 6) is 0.410. The Bertz CT molecular complexity index is 1130. The van der Waals surface area contributed by atoms with Gasteiger partial charge in [0.2, 0.25) is 0 Å². The highest BCUT2D eigenvalue weighted by Crippen LogP contribution is 2.43. The number of nitrogens with zero attached hydrogens (tertiary/aromatic N) is 1. The maximum Gasteiger partial charge on any atom is 0.196 e. The molecule has 0 unspecified atom stereocenters. The van der Waals surface area contributed by atoms with Crippen LogP contribution >= 0.6 is 11.6 Å². The standard InChI is InChI=1S/C25H23ClFNO3/c1-15-5-11-22(28-24(15)25(29)30)20-4-2-3-19(20)21-13-17(26)8-12-23(21)31-14-16-6-9-18(27)10-7-16/h5-13,25,29-30H,2-4,14H2,1H3. The lowest BCUT2D eigenvalue weighted by Gasteiger charge is -2.16. The number of pyridine rings is 1. The number of hydrogen-bond donors (Lipinski definition) is 2. The SMILES string of the molecule is Cc1ccc(C2=C(c3cc(Cl)ccc3OCc3ccc(F)cc3)CCC2)nc1C(O)O. The minimum Gasteiger partial charge on any atom is -0.488 e. The first-order valence-electron chi connectivity index (χ1n) is 10.2. The van der Waals surface area contributed by atoms with Gasteiger partial charge in [-0.2, -0.15) is 0 Å². The maximum absolute atomic E-state index is 13.2. The second-order valence-corrected chi connectivity index (χ2v) is 8.08. The second kappa shape index (κ2) is 9.18. The fourth-order valence-corrected chi connectivity index (χ4v) is 4.08. The molecule has 31 heavy (non-hydrogen) atoms. The molecular formula is C25H23ClFNO3. The average Bonchev–Trinajstić information content (AvgIpc) is 3.24. The Morgan fingerprint density at radius 3 is 2.52 bits per heavy atom. The Hall–Kier alpha value is -2.73. The van der Waals surface area contributed by atoms with Crippen LogP contribution in [0.1, 0.15) is 53.6 Å². The molecule has 4 rings (SSSR count). The number of ether oxygens (including phenoxy) is 1. The summed E-state index contributed by atoms with van der Waals surface area (Å²) in [5.41, 5.74) is 5.62. The second-order valence-electron chi connectivity index (χ2n) is 7.64. The van der Waals surface area contributed by atoms with Crippen molar-refractivity contribution >= 4 is 22.7 Å². The van der Waals surface area contributed by atoms with Gasteiger partial charge in [0, 0.05) is 10.6 Å². The Kier molecular flexibility index (Phi) is 6.37. The molecule has 4 nitrogen and oxygen atoms in total. The molecule has 0 radical (unpaired) electrons. The number of halogens is 2. The summed E-state index contributed by atoms with van der Waals surface area (Å²) in [7, 11) is 0. The third-order valence-corrected chi connectivity index (χ3v) is 5.72. The fraction of sp³-hybridized carbons (Fsp3) is 0.240. The van der Waals surface area contributed by atoms with E-state index in [0.29, 0.717) is 17.4 Å². The van der Waals surface area contributed by atoms with Gasteiger partial charge in [0.1, 0.15) is 18.2 Å². The van der Waals surface area contributed by atoms with E-state index in [-0.39, 0.29) is 11.5 Å². The summed E-state index contributed by atoms with van der Waals surface area (Å²) < 4.78 is 19.3. The molecule has 1 heterocycles. The van der Waals surface area contributed by atoms with Crippen LogP contribution in [0.25, 0.3) is 11.1 Å². The van der Waals surface area contributed by atoms with Gasteiger partial charge in [0.25, 0.3) is 0 Å². The van der Waals surface area contributed by atoms with Gasteiger partial charge in [-0.25, -0.2) is 9.37 Å². The van der Waals surface area contributed by atoms with Gasteiger partial charge in [0.05, 0.1) is 11.4 Å². The molecule has 0 aliphatic heterocycles. The summed E-state index contributed by atoms with van der Waals surface area (Å²) in [6.45, 7) is 2.11. The number of rotatable bonds is 6. The summed E-state index contributed by atoms with van der Waals surface area (Å²) in [6, 6.07) is 15.5. The summed E-state index contributed by atoms with van der Waals surface area (Å²) in [4.78, 5) is 4.52. The van der Waals surface area contributed by atoms with Gasteiger partial charge in [0.15, 0.2) is 6.29 Å². The summed E-state index contributed by atoms with van der Waals surface area (Å²) in [5, 5.41) is 19.9. The fourth-order valence-electron chi connectivity index (χ4n) is 3.90. The van der Waals surface area contributed by atoms with Crippen LogP contribution < -0.4 is 4.74 Å². The molecule has 0 saturated heterocycles. The van der Waals surface area contributed by atoms with Crippen molar-refractivity contribution < 1.29 is 19.3 Å². The number of aliphatic hydroxyl groups is 2. The third-order valence-electron chi connectivity index (χ3n) is 5.48. The average molecular weight is 440 g/mol. The Balaban J connectivity index is 1.71. The van der Waals surface area contributed by atoms with Crippen molar-refractivity contribution in [2.24, 2.45) is 0 Å². The predicted molar refractivity (Wildman–Crippen MR) is 119 cm³/mol. The van der Waals surface area contributed by atoms with Crippen LogP contribution in [0.3, 0.4) is 0 Å². The molecule has 1 aliphatic carbocycles. The normalized spacial score (nSPS) is 13.9. The van der Waals surface area contributed by atoms with Crippen molar-refractivity contribution in [1.29, 1.82) is 0 Å². The molecule has 1 aromatic heterocycles. The molecular weight excluding hydrogens is 417 g/mol. The first-order valence-corrected chi connectivity index (χ1v) is 10.5. The van der Waals surface area contributed by atoms with Crippen molar-refractivity contribution in [3.8, 4) is 5.75 Å². The van der Waals surface area contributed by atoms with Crippen molar-refractivity contribution in [3.05, 3.63) is 93.5 Å². The maximum atomic E-state index is 13.2. The minimum absolute atomic E-state index is 0.259. The van der Waals surface area contributed by atoms with Gasteiger partial charge in [-0.15, -0.1) is 0 Å². The first-order chi connectivity index (χ1) is 14.9. The minimum atomic E-state index is -1.62. The molecule has 3 aromatic rings. The lowest BCUT2D eigenvalue weighted by atomic mass is 9.98. The van der Waals surface area contributed by atoms with Crippen LogP contribution in [0.15, 0.2) is 54.6 Å². The summed E-state index contributed by atoms with van der Waals surface area (Å²) in [6.07, 6.45) is 1.01. The predicted octanol–water partition coefficient (Wildman–Crippen LogP) is 5.84. The van der Waals surface area contributed by atoms with E-state index < -0.39 is 6.29 Å². The molecule has 160 valence electrons. The van der Waals surface area contributed by atoms with E-state index in [1.54, 1.807) is 25.1 Å². The number of aryl methyl sites for hydroxylation is 1. The van der Waals surface area contributed by atoms with E-state index in [1.807, 2.05) is 24.3 Å². The van der Waals surface area contributed by atoms with Gasteiger partial charge in [-0.05, 0) is 84.9 Å². The molecule has 0 spiro atoms. The zero-order valence-electron chi connectivity index (χ0n) is 17.1. The number of aliphatic hydroxyl groups excluding tert-OH is 1. The number of benzene rings is 2. The topological polar surface area (TPSA) is 62.6 Å². The zero-order valence-corrected chi connectivity index (χ0v) is 17.9. The van der Waals surface area contributed by atoms with Crippen LogP contribution in [-0.2, 0) is 6.61 Å². The highest BCUT2D eigenvalue weighted by molar-refractivity contribution is 6.30. The van der Waals surface area contributed by atoms with E-state index in [1.165, 1.54) is 12.1 Å². The van der Waals surface area contributed by atoms with Crippen molar-refractivity contribution in [2.75, 3.05) is 0 Å². The highest BCUT2D eigenvalue weighted by atomic mass is 35.5. The summed E-state index contributed by atoms with van der Waals surface area (Å²) >= 11 is 6.31. The molecule has 0 fully saturated rings. The number of hydrogen-bond acceptors (Lipinski definition) is 4. The van der Waals surface area contributed by atoms with Gasteiger partial charge in [-0.3, -0.25) is 0 Å². The molecule has 1 aliphatic rings. The van der Waals surface area contributed by atoms with Crippen molar-refractivity contribution in [3.63, 3.8) is 0 Å². The van der Waals surface area contributed by atoms with Gasteiger partial charge < -0.3 is 14.9 Å². The molecule has 0 amide bonds. The van der Waals surface area contributed by atoms with Crippen LogP contribution in [0, 0.1) is 12.7 Å². The van der Waals surface area contributed by atoms with Gasteiger partial charge >= 0.3 is 0 Å². The molecule has 2 N–H and O–H groups in total. The van der Waals surface area contributed by atoms with E-state index in [0.717, 1.165) is 52.8 Å². The molecule has 0 saturated carbocycles. The van der Waals surface area contributed by atoms with Crippen molar-refractivity contribution in [1.82, 2.24) is 4.98 Å². The molecule has 0 atom stereocenters. The molecule has 0 bridgehead atoms. The molecule has 6 heteroatoms. The van der Waals surface area contributed by atoms with Crippen LogP contribution in [0.2, 0.25) is 5.02 Å².